The Hall–Kier alpha value is -0.230. The number of aryl methyl sites for hydroxylation is 2. The monoisotopic (exact) mass is 433 g/mol. The Labute approximate surface area is 146 Å². The van der Waals surface area contributed by atoms with Gasteiger partial charge in [0.15, 0.2) is 0 Å². The van der Waals surface area contributed by atoms with Gasteiger partial charge in [-0.2, -0.15) is 0 Å². The minimum atomic E-state index is -0.173. The number of nitrogens with one attached hydrogen (secondary N) is 1. The van der Waals surface area contributed by atoms with Crippen LogP contribution in [0.3, 0.4) is 0 Å². The van der Waals surface area contributed by atoms with Crippen molar-refractivity contribution in [2.24, 2.45) is 0 Å². The fraction of sp³-hybridized carbons (Fsp3) is 0.375. The molecule has 0 aliphatic heterocycles. The Morgan fingerprint density at radius 1 is 1.19 bits per heavy atom. The molecule has 1 N–H and O–H groups in total. The number of rotatable bonds is 5. The Morgan fingerprint density at radius 2 is 1.81 bits per heavy atom. The van der Waals surface area contributed by atoms with Gasteiger partial charge in [0.05, 0.1) is 13.6 Å². The van der Waals surface area contributed by atoms with Gasteiger partial charge in [-0.3, -0.25) is 0 Å². The molecular formula is C16H18Br2FNS. The largest absolute Gasteiger partial charge is 0.306 e. The van der Waals surface area contributed by atoms with Crippen molar-refractivity contribution < 1.29 is 4.39 Å². The zero-order valence-electron chi connectivity index (χ0n) is 12.3. The molecule has 0 radical (unpaired) electrons. The van der Waals surface area contributed by atoms with Crippen molar-refractivity contribution in [2.75, 3.05) is 6.54 Å². The Balaban J connectivity index is 2.53. The molecule has 1 nitrogen and oxygen atoms in total. The highest BCUT2D eigenvalue weighted by molar-refractivity contribution is 9.12. The smallest absolute Gasteiger partial charge is 0.123 e. The van der Waals surface area contributed by atoms with Gasteiger partial charge in [-0.15, -0.1) is 11.3 Å². The zero-order valence-corrected chi connectivity index (χ0v) is 16.3. The number of hydrogen-bond acceptors (Lipinski definition) is 2. The number of halogens is 3. The van der Waals surface area contributed by atoms with Crippen LogP contribution < -0.4 is 5.32 Å². The van der Waals surface area contributed by atoms with Crippen LogP contribution in [-0.4, -0.2) is 6.54 Å². The Morgan fingerprint density at radius 3 is 2.29 bits per heavy atom. The van der Waals surface area contributed by atoms with E-state index in [9.17, 15) is 4.39 Å². The molecule has 0 aliphatic carbocycles. The van der Waals surface area contributed by atoms with Crippen LogP contribution in [0.1, 0.15) is 41.6 Å². The SMILES string of the molecule is CCCNC(c1cc(Br)sc1Br)c1c(C)cc(F)cc1C. The molecule has 2 rings (SSSR count). The lowest BCUT2D eigenvalue weighted by Crippen LogP contribution is -2.24. The van der Waals surface area contributed by atoms with E-state index in [2.05, 4.69) is 50.2 Å². The molecule has 114 valence electrons. The minimum Gasteiger partial charge on any atom is -0.306 e. The topological polar surface area (TPSA) is 12.0 Å². The molecule has 1 heterocycles. The molecule has 0 saturated heterocycles. The average molecular weight is 435 g/mol. The maximum atomic E-state index is 13.6. The molecule has 1 aromatic carbocycles. The summed E-state index contributed by atoms with van der Waals surface area (Å²) in [4.78, 5) is 0. The van der Waals surface area contributed by atoms with E-state index in [1.54, 1.807) is 23.5 Å². The van der Waals surface area contributed by atoms with E-state index < -0.39 is 0 Å². The Kier molecular flexibility index (Phi) is 6.00. The molecule has 2 aromatic rings. The molecule has 21 heavy (non-hydrogen) atoms. The first-order valence-corrected chi connectivity index (χ1v) is 9.29. The highest BCUT2D eigenvalue weighted by Crippen LogP contribution is 2.39. The van der Waals surface area contributed by atoms with Crippen LogP contribution in [0, 0.1) is 19.7 Å². The van der Waals surface area contributed by atoms with Crippen LogP contribution in [0.5, 0.6) is 0 Å². The summed E-state index contributed by atoms with van der Waals surface area (Å²) in [5.41, 5.74) is 4.32. The maximum absolute atomic E-state index is 13.6. The van der Waals surface area contributed by atoms with Crippen LogP contribution in [0.4, 0.5) is 4.39 Å². The van der Waals surface area contributed by atoms with E-state index >= 15 is 0 Å². The van der Waals surface area contributed by atoms with E-state index in [4.69, 9.17) is 0 Å². The lowest BCUT2D eigenvalue weighted by Gasteiger charge is -2.23. The van der Waals surface area contributed by atoms with Gasteiger partial charge in [0, 0.05) is 0 Å². The summed E-state index contributed by atoms with van der Waals surface area (Å²) in [6.45, 7) is 7.01. The third-order valence-corrected chi connectivity index (χ3v) is 5.83. The van der Waals surface area contributed by atoms with Crippen molar-refractivity contribution in [2.45, 2.75) is 33.2 Å². The second-order valence-corrected chi connectivity index (χ2v) is 8.87. The summed E-state index contributed by atoms with van der Waals surface area (Å²) < 4.78 is 15.8. The molecular weight excluding hydrogens is 417 g/mol. The molecule has 5 heteroatoms. The molecule has 0 fully saturated rings. The van der Waals surface area contributed by atoms with Gasteiger partial charge in [-0.05, 0) is 99.1 Å². The lowest BCUT2D eigenvalue weighted by molar-refractivity contribution is 0.586. The highest BCUT2D eigenvalue weighted by atomic mass is 79.9. The van der Waals surface area contributed by atoms with Gasteiger partial charge < -0.3 is 5.32 Å². The van der Waals surface area contributed by atoms with E-state index in [1.165, 1.54) is 5.56 Å². The second-order valence-electron chi connectivity index (χ2n) is 5.12. The minimum absolute atomic E-state index is 0.0717. The summed E-state index contributed by atoms with van der Waals surface area (Å²) in [6.07, 6.45) is 1.05. The third-order valence-electron chi connectivity index (χ3n) is 3.44. The standard InChI is InChI=1S/C16H18Br2FNS/c1-4-5-20-15(12-8-13(17)21-16(12)18)14-9(2)6-11(19)7-10(14)3/h6-8,15,20H,4-5H2,1-3H3. The van der Waals surface area contributed by atoms with Crippen LogP contribution in [0.2, 0.25) is 0 Å². The van der Waals surface area contributed by atoms with E-state index in [1.807, 2.05) is 13.8 Å². The first-order valence-electron chi connectivity index (χ1n) is 6.88. The predicted octanol–water partition coefficient (Wildman–Crippen LogP) is 6.12. The summed E-state index contributed by atoms with van der Waals surface area (Å²) in [5.74, 6) is -0.173. The molecule has 0 saturated carbocycles. The molecule has 0 aliphatic rings. The van der Waals surface area contributed by atoms with Gasteiger partial charge in [0.2, 0.25) is 0 Å². The van der Waals surface area contributed by atoms with Gasteiger partial charge in [-0.25, -0.2) is 4.39 Å². The average Bonchev–Trinajstić information content (AvgIpc) is 2.71. The number of thiophene rings is 1. The summed E-state index contributed by atoms with van der Waals surface area (Å²) in [5, 5.41) is 3.59. The van der Waals surface area contributed by atoms with Gasteiger partial charge in [0.25, 0.3) is 0 Å². The molecule has 1 atom stereocenters. The van der Waals surface area contributed by atoms with Crippen molar-refractivity contribution >= 4 is 43.2 Å². The fourth-order valence-corrected chi connectivity index (χ4v) is 5.49. The van der Waals surface area contributed by atoms with Gasteiger partial charge in [0.1, 0.15) is 5.82 Å². The summed E-state index contributed by atoms with van der Waals surface area (Å²) >= 11 is 8.85. The molecule has 0 bridgehead atoms. The predicted molar refractivity (Wildman–Crippen MR) is 95.7 cm³/mol. The number of benzene rings is 1. The number of hydrogen-bond donors (Lipinski definition) is 1. The van der Waals surface area contributed by atoms with Crippen LogP contribution in [-0.2, 0) is 0 Å². The van der Waals surface area contributed by atoms with E-state index in [0.717, 1.165) is 37.2 Å². The molecule has 1 unspecified atom stereocenters. The van der Waals surface area contributed by atoms with Gasteiger partial charge >= 0.3 is 0 Å². The van der Waals surface area contributed by atoms with Gasteiger partial charge in [-0.1, -0.05) is 6.92 Å². The summed E-state index contributed by atoms with van der Waals surface area (Å²) in [6, 6.07) is 5.42. The van der Waals surface area contributed by atoms with Crippen LogP contribution in [0.25, 0.3) is 0 Å². The molecule has 1 aromatic heterocycles. The van der Waals surface area contributed by atoms with Crippen molar-refractivity contribution in [1.82, 2.24) is 5.32 Å². The molecule has 0 spiro atoms. The summed E-state index contributed by atoms with van der Waals surface area (Å²) in [7, 11) is 0. The van der Waals surface area contributed by atoms with Crippen LogP contribution in [0.15, 0.2) is 25.8 Å². The maximum Gasteiger partial charge on any atom is 0.123 e. The van der Waals surface area contributed by atoms with Crippen molar-refractivity contribution in [3.63, 3.8) is 0 Å². The first-order chi connectivity index (χ1) is 9.93. The quantitative estimate of drug-likeness (QED) is 0.597. The third kappa shape index (κ3) is 3.95. The van der Waals surface area contributed by atoms with Crippen molar-refractivity contribution in [3.05, 3.63) is 53.8 Å². The molecule has 0 amide bonds. The highest BCUT2D eigenvalue weighted by Gasteiger charge is 2.22. The lowest BCUT2D eigenvalue weighted by atomic mass is 9.92. The fourth-order valence-electron chi connectivity index (χ4n) is 2.58. The van der Waals surface area contributed by atoms with Crippen molar-refractivity contribution in [3.8, 4) is 0 Å². The van der Waals surface area contributed by atoms with E-state index in [-0.39, 0.29) is 11.9 Å². The first kappa shape index (κ1) is 17.1. The van der Waals surface area contributed by atoms with Crippen molar-refractivity contribution in [1.29, 1.82) is 0 Å². The Bertz CT molecular complexity index is 616. The normalized spacial score (nSPS) is 12.7. The van der Waals surface area contributed by atoms with E-state index in [0.29, 0.717) is 0 Å². The van der Waals surface area contributed by atoms with Crippen LogP contribution >= 0.6 is 43.2 Å². The zero-order chi connectivity index (χ0) is 15.6. The second kappa shape index (κ2) is 7.36.